The molecule has 0 saturated heterocycles. The zero-order valence-electron chi connectivity index (χ0n) is 14.0. The van der Waals surface area contributed by atoms with Gasteiger partial charge in [-0.2, -0.15) is 13.2 Å². The Balaban J connectivity index is 2.09. The van der Waals surface area contributed by atoms with E-state index in [1.54, 1.807) is 13.8 Å². The van der Waals surface area contributed by atoms with Crippen molar-refractivity contribution in [1.29, 1.82) is 0 Å². The molecular formula is C17H17F4N3O2. The summed E-state index contributed by atoms with van der Waals surface area (Å²) in [6, 6.07) is 4.65. The zero-order chi connectivity index (χ0) is 19.5. The average molecular weight is 371 g/mol. The maximum Gasteiger partial charge on any atom is 0.417 e. The summed E-state index contributed by atoms with van der Waals surface area (Å²) in [5.74, 6) is -1.81. The molecule has 5 nitrogen and oxygen atoms in total. The SMILES string of the molecule is CC(C)[C@H](N)C(=O)Nc1ccc(Oc2ccc(C(F)(F)F)cn2)c(F)c1. The summed E-state index contributed by atoms with van der Waals surface area (Å²) in [7, 11) is 0. The van der Waals surface area contributed by atoms with E-state index in [0.29, 0.717) is 6.20 Å². The Bertz CT molecular complexity index is 777. The summed E-state index contributed by atoms with van der Waals surface area (Å²) in [6.07, 6.45) is -3.93. The number of hydrogen-bond acceptors (Lipinski definition) is 4. The third kappa shape index (κ3) is 4.92. The molecular weight excluding hydrogens is 354 g/mol. The van der Waals surface area contributed by atoms with Crippen LogP contribution in [0.25, 0.3) is 0 Å². The average Bonchev–Trinajstić information content (AvgIpc) is 2.56. The molecule has 140 valence electrons. The number of carbonyl (C=O) groups is 1. The zero-order valence-corrected chi connectivity index (χ0v) is 14.0. The first kappa shape index (κ1) is 19.6. The van der Waals surface area contributed by atoms with E-state index in [0.717, 1.165) is 18.2 Å². The number of anilines is 1. The van der Waals surface area contributed by atoms with Crippen molar-refractivity contribution in [3.8, 4) is 11.6 Å². The smallest absolute Gasteiger partial charge is 0.417 e. The fraction of sp³-hybridized carbons (Fsp3) is 0.294. The second kappa shape index (κ2) is 7.69. The van der Waals surface area contributed by atoms with Crippen LogP contribution in [-0.4, -0.2) is 16.9 Å². The number of pyridine rings is 1. The predicted molar refractivity (Wildman–Crippen MR) is 87.2 cm³/mol. The molecule has 0 fully saturated rings. The van der Waals surface area contributed by atoms with Crippen molar-refractivity contribution < 1.29 is 27.1 Å². The van der Waals surface area contributed by atoms with E-state index in [4.69, 9.17) is 10.5 Å². The number of amides is 1. The van der Waals surface area contributed by atoms with Crippen LogP contribution in [-0.2, 0) is 11.0 Å². The number of carbonyl (C=O) groups excluding carboxylic acids is 1. The molecule has 0 radical (unpaired) electrons. The molecule has 2 rings (SSSR count). The minimum atomic E-state index is -4.52. The van der Waals surface area contributed by atoms with Gasteiger partial charge in [0.15, 0.2) is 11.6 Å². The van der Waals surface area contributed by atoms with E-state index in [9.17, 15) is 22.4 Å². The number of hydrogen-bond donors (Lipinski definition) is 2. The standard InChI is InChI=1S/C17H17F4N3O2/c1-9(2)15(22)16(25)24-11-4-5-13(12(18)7-11)26-14-6-3-10(8-23-14)17(19,20)21/h3-9,15H,22H2,1-2H3,(H,24,25)/t15-/m0/s1. The van der Waals surface area contributed by atoms with Crippen LogP contribution in [0.1, 0.15) is 19.4 Å². The number of nitrogens with zero attached hydrogens (tertiary/aromatic N) is 1. The lowest BCUT2D eigenvalue weighted by Crippen LogP contribution is -2.39. The van der Waals surface area contributed by atoms with Crippen molar-refractivity contribution in [2.75, 3.05) is 5.32 Å². The highest BCUT2D eigenvalue weighted by atomic mass is 19.4. The molecule has 9 heteroatoms. The first-order valence-electron chi connectivity index (χ1n) is 7.65. The van der Waals surface area contributed by atoms with Crippen molar-refractivity contribution in [2.24, 2.45) is 11.7 Å². The molecule has 3 N–H and O–H groups in total. The van der Waals surface area contributed by atoms with Crippen molar-refractivity contribution in [1.82, 2.24) is 4.98 Å². The second-order valence-corrected chi connectivity index (χ2v) is 5.89. The van der Waals surface area contributed by atoms with Crippen LogP contribution in [0.15, 0.2) is 36.5 Å². The van der Waals surface area contributed by atoms with Gasteiger partial charge in [0.1, 0.15) is 0 Å². The molecule has 26 heavy (non-hydrogen) atoms. The molecule has 0 aliphatic rings. The third-order valence-corrected chi connectivity index (χ3v) is 3.50. The van der Waals surface area contributed by atoms with Gasteiger partial charge in [-0.05, 0) is 24.1 Å². The van der Waals surface area contributed by atoms with Crippen LogP contribution in [0.5, 0.6) is 11.6 Å². The topological polar surface area (TPSA) is 77.2 Å². The molecule has 0 bridgehead atoms. The lowest BCUT2D eigenvalue weighted by molar-refractivity contribution is -0.137. The quantitative estimate of drug-likeness (QED) is 0.780. The van der Waals surface area contributed by atoms with Gasteiger partial charge in [-0.3, -0.25) is 4.79 Å². The molecule has 0 aliphatic heterocycles. The molecule has 1 heterocycles. The van der Waals surface area contributed by atoms with E-state index in [1.165, 1.54) is 12.1 Å². The van der Waals surface area contributed by atoms with Crippen LogP contribution >= 0.6 is 0 Å². The van der Waals surface area contributed by atoms with E-state index in [1.807, 2.05) is 0 Å². The Labute approximate surface area is 147 Å². The maximum atomic E-state index is 14.1. The van der Waals surface area contributed by atoms with Crippen molar-refractivity contribution >= 4 is 11.6 Å². The molecule has 0 saturated carbocycles. The van der Waals surface area contributed by atoms with E-state index in [-0.39, 0.29) is 23.2 Å². The summed E-state index contributed by atoms with van der Waals surface area (Å²) < 4.78 is 56.7. The summed E-state index contributed by atoms with van der Waals surface area (Å²) >= 11 is 0. The highest BCUT2D eigenvalue weighted by molar-refractivity contribution is 5.94. The minimum Gasteiger partial charge on any atom is -0.436 e. The van der Waals surface area contributed by atoms with Crippen LogP contribution < -0.4 is 15.8 Å². The number of ether oxygens (including phenoxy) is 1. The lowest BCUT2D eigenvalue weighted by Gasteiger charge is -2.15. The number of benzene rings is 1. The largest absolute Gasteiger partial charge is 0.436 e. The first-order chi connectivity index (χ1) is 12.1. The fourth-order valence-electron chi connectivity index (χ4n) is 1.91. The van der Waals surface area contributed by atoms with Crippen LogP contribution in [0.4, 0.5) is 23.2 Å². The molecule has 2 aromatic rings. The fourth-order valence-corrected chi connectivity index (χ4v) is 1.91. The number of alkyl halides is 3. The van der Waals surface area contributed by atoms with Gasteiger partial charge < -0.3 is 15.8 Å². The van der Waals surface area contributed by atoms with Gasteiger partial charge in [0.2, 0.25) is 11.8 Å². The predicted octanol–water partition coefficient (Wildman–Crippen LogP) is 3.95. The number of halogens is 4. The second-order valence-electron chi connectivity index (χ2n) is 5.89. The maximum absolute atomic E-state index is 14.1. The van der Waals surface area contributed by atoms with Crippen LogP contribution in [0.3, 0.4) is 0 Å². The van der Waals surface area contributed by atoms with Gasteiger partial charge in [-0.15, -0.1) is 0 Å². The molecule has 0 aliphatic carbocycles. The van der Waals surface area contributed by atoms with E-state index >= 15 is 0 Å². The summed E-state index contributed by atoms with van der Waals surface area (Å²) in [4.78, 5) is 15.4. The summed E-state index contributed by atoms with van der Waals surface area (Å²) in [5.41, 5.74) is 4.94. The Morgan fingerprint density at radius 1 is 1.23 bits per heavy atom. The van der Waals surface area contributed by atoms with E-state index < -0.39 is 29.5 Å². The minimum absolute atomic E-state index is 0.0896. The monoisotopic (exact) mass is 371 g/mol. The Morgan fingerprint density at radius 3 is 2.42 bits per heavy atom. The number of nitrogens with two attached hydrogens (primary N) is 1. The molecule has 1 atom stereocenters. The normalized spacial score (nSPS) is 12.8. The summed E-state index contributed by atoms with van der Waals surface area (Å²) in [6.45, 7) is 3.55. The van der Waals surface area contributed by atoms with E-state index in [2.05, 4.69) is 10.3 Å². The summed E-state index contributed by atoms with van der Waals surface area (Å²) in [5, 5.41) is 2.48. The Morgan fingerprint density at radius 2 is 1.92 bits per heavy atom. The van der Waals surface area contributed by atoms with Gasteiger partial charge in [0, 0.05) is 24.0 Å². The van der Waals surface area contributed by atoms with Crippen molar-refractivity contribution in [2.45, 2.75) is 26.1 Å². The molecule has 0 unspecified atom stereocenters. The molecule has 0 spiro atoms. The van der Waals surface area contributed by atoms with Crippen LogP contribution in [0, 0.1) is 11.7 Å². The Hall–Kier alpha value is -2.68. The van der Waals surface area contributed by atoms with Gasteiger partial charge in [-0.25, -0.2) is 9.37 Å². The van der Waals surface area contributed by atoms with Gasteiger partial charge >= 0.3 is 6.18 Å². The molecule has 1 aromatic carbocycles. The van der Waals surface area contributed by atoms with Gasteiger partial charge in [0.05, 0.1) is 11.6 Å². The number of nitrogens with one attached hydrogen (secondary N) is 1. The van der Waals surface area contributed by atoms with Crippen molar-refractivity contribution in [3.05, 3.63) is 47.9 Å². The number of aromatic nitrogens is 1. The number of rotatable bonds is 5. The lowest BCUT2D eigenvalue weighted by atomic mass is 10.0. The molecule has 1 amide bonds. The molecule has 1 aromatic heterocycles. The third-order valence-electron chi connectivity index (χ3n) is 3.50. The highest BCUT2D eigenvalue weighted by Crippen LogP contribution is 2.31. The Kier molecular flexibility index (Phi) is 5.81. The highest BCUT2D eigenvalue weighted by Gasteiger charge is 2.30. The van der Waals surface area contributed by atoms with Gasteiger partial charge in [0.25, 0.3) is 0 Å². The first-order valence-corrected chi connectivity index (χ1v) is 7.65. The van der Waals surface area contributed by atoms with Crippen LogP contribution in [0.2, 0.25) is 0 Å². The van der Waals surface area contributed by atoms with Gasteiger partial charge in [-0.1, -0.05) is 13.8 Å². The van der Waals surface area contributed by atoms with Crippen molar-refractivity contribution in [3.63, 3.8) is 0 Å².